The predicted molar refractivity (Wildman–Crippen MR) is 209 cm³/mol. The Hall–Kier alpha value is -6.43. The topological polar surface area (TPSA) is 43.1 Å². The average molecular weight is 655 g/mol. The minimum absolute atomic E-state index is 0.654. The molecule has 0 N–H and O–H groups in total. The molecule has 4 heterocycles. The lowest BCUT2D eigenvalue weighted by Crippen LogP contribution is -2.00. The fraction of sp³-hybridized carbons (Fsp3) is 0. The summed E-state index contributed by atoms with van der Waals surface area (Å²) >= 11 is 1.90. The van der Waals surface area contributed by atoms with Crippen LogP contribution in [0.25, 0.3) is 104 Å². The van der Waals surface area contributed by atoms with Crippen LogP contribution in [0.5, 0.6) is 0 Å². The number of thiophene rings is 1. The SMILES string of the molecule is c1ccc(-c2nc(-c3ccccc3)nc(-c3cccc(-c4cc5cccc6c7ccccc7n7c8ccccc8c8sc4c(c56)c87)c3)n2)cc1. The van der Waals surface area contributed by atoms with Crippen LogP contribution in [0.4, 0.5) is 0 Å². The summed E-state index contributed by atoms with van der Waals surface area (Å²) in [4.78, 5) is 15.0. The molecule has 232 valence electrons. The molecule has 0 spiro atoms. The van der Waals surface area contributed by atoms with E-state index in [0.29, 0.717) is 17.5 Å². The van der Waals surface area contributed by atoms with Crippen molar-refractivity contribution < 1.29 is 0 Å². The van der Waals surface area contributed by atoms with E-state index in [1.165, 1.54) is 63.8 Å². The molecule has 0 aliphatic carbocycles. The largest absolute Gasteiger partial charge is 0.307 e. The van der Waals surface area contributed by atoms with Gasteiger partial charge >= 0.3 is 0 Å². The van der Waals surface area contributed by atoms with E-state index >= 15 is 0 Å². The number of fused-ring (bicyclic) bond motifs is 6. The van der Waals surface area contributed by atoms with Gasteiger partial charge in [0.15, 0.2) is 17.5 Å². The highest BCUT2D eigenvalue weighted by Gasteiger charge is 2.23. The maximum atomic E-state index is 5.04. The lowest BCUT2D eigenvalue weighted by atomic mass is 9.94. The van der Waals surface area contributed by atoms with Gasteiger partial charge in [-0.1, -0.05) is 133 Å². The molecular formula is C45H26N4S. The molecule has 0 saturated carbocycles. The number of aromatic nitrogens is 4. The van der Waals surface area contributed by atoms with Crippen LogP contribution in [-0.4, -0.2) is 19.4 Å². The number of nitrogens with zero attached hydrogens (tertiary/aromatic N) is 4. The van der Waals surface area contributed by atoms with E-state index in [2.05, 4.69) is 101 Å². The van der Waals surface area contributed by atoms with Crippen LogP contribution in [0, 0.1) is 0 Å². The zero-order valence-electron chi connectivity index (χ0n) is 26.7. The number of rotatable bonds is 4. The van der Waals surface area contributed by atoms with Crippen LogP contribution in [0.2, 0.25) is 0 Å². The van der Waals surface area contributed by atoms with Crippen molar-refractivity contribution in [2.24, 2.45) is 0 Å². The molecule has 0 atom stereocenters. The molecule has 11 rings (SSSR count). The van der Waals surface area contributed by atoms with Crippen LogP contribution >= 0.6 is 11.3 Å². The second-order valence-corrected chi connectivity index (χ2v) is 13.8. The smallest absolute Gasteiger partial charge is 0.164 e. The van der Waals surface area contributed by atoms with Crippen molar-refractivity contribution in [2.45, 2.75) is 0 Å². The molecule has 0 saturated heterocycles. The zero-order chi connectivity index (χ0) is 32.8. The summed E-state index contributed by atoms with van der Waals surface area (Å²) in [6.07, 6.45) is 0. The predicted octanol–water partition coefficient (Wildman–Crippen LogP) is 12.1. The van der Waals surface area contributed by atoms with Crippen LogP contribution in [-0.2, 0) is 0 Å². The fourth-order valence-corrected chi connectivity index (χ4v) is 9.12. The number of hydrogen-bond acceptors (Lipinski definition) is 4. The molecule has 0 aliphatic rings. The second kappa shape index (κ2) is 10.5. The van der Waals surface area contributed by atoms with Crippen molar-refractivity contribution in [1.82, 2.24) is 19.4 Å². The van der Waals surface area contributed by atoms with Crippen LogP contribution in [0.1, 0.15) is 0 Å². The first kappa shape index (κ1) is 27.5. The molecule has 0 bridgehead atoms. The first-order chi connectivity index (χ1) is 24.8. The first-order valence-electron chi connectivity index (χ1n) is 16.8. The van der Waals surface area contributed by atoms with E-state index in [0.717, 1.165) is 22.3 Å². The fourth-order valence-electron chi connectivity index (χ4n) is 7.76. The number of hydrogen-bond donors (Lipinski definition) is 0. The molecule has 0 radical (unpaired) electrons. The first-order valence-corrected chi connectivity index (χ1v) is 17.6. The molecular weight excluding hydrogens is 629 g/mol. The zero-order valence-corrected chi connectivity index (χ0v) is 27.5. The Morgan fingerprint density at radius 3 is 1.66 bits per heavy atom. The molecule has 5 heteroatoms. The van der Waals surface area contributed by atoms with Gasteiger partial charge in [0.2, 0.25) is 0 Å². The third-order valence-electron chi connectivity index (χ3n) is 9.95. The van der Waals surface area contributed by atoms with Gasteiger partial charge < -0.3 is 4.40 Å². The van der Waals surface area contributed by atoms with E-state index in [9.17, 15) is 0 Å². The van der Waals surface area contributed by atoms with Gasteiger partial charge in [0.1, 0.15) is 0 Å². The van der Waals surface area contributed by atoms with Gasteiger partial charge in [0.05, 0.1) is 21.3 Å². The van der Waals surface area contributed by atoms with Crippen LogP contribution < -0.4 is 0 Å². The van der Waals surface area contributed by atoms with Crippen molar-refractivity contribution in [3.05, 3.63) is 158 Å². The summed E-state index contributed by atoms with van der Waals surface area (Å²) in [7, 11) is 0. The van der Waals surface area contributed by atoms with E-state index in [4.69, 9.17) is 15.0 Å². The molecule has 11 aromatic rings. The highest BCUT2D eigenvalue weighted by molar-refractivity contribution is 7.27. The third-order valence-corrected chi connectivity index (χ3v) is 11.2. The van der Waals surface area contributed by atoms with Crippen molar-refractivity contribution in [1.29, 1.82) is 0 Å². The highest BCUT2D eigenvalue weighted by atomic mass is 32.1. The summed E-state index contributed by atoms with van der Waals surface area (Å²) in [5.41, 5.74) is 8.99. The van der Waals surface area contributed by atoms with Gasteiger partial charge in [-0.05, 0) is 40.6 Å². The average Bonchev–Trinajstić information content (AvgIpc) is 3.69. The summed E-state index contributed by atoms with van der Waals surface area (Å²) < 4.78 is 5.12. The molecule has 0 unspecified atom stereocenters. The third kappa shape index (κ3) is 3.95. The second-order valence-electron chi connectivity index (χ2n) is 12.8. The minimum Gasteiger partial charge on any atom is -0.307 e. The molecule has 0 aliphatic heterocycles. The Bertz CT molecular complexity index is 3030. The Morgan fingerprint density at radius 1 is 0.400 bits per heavy atom. The number of para-hydroxylation sites is 2. The standard InChI is InChI=1S/C45H26N4S/c1-3-13-27(14-4-1)43-46-44(28-15-5-2-6-16-28)48-45(47-43)31-19-11-17-29(25-31)35-26-30-18-12-22-33-32-20-7-9-23-36(32)49-37-24-10-8-21-34(37)42-40(49)39(38(30)33)41(35)50-42/h1-26H. The molecule has 0 fully saturated rings. The van der Waals surface area contributed by atoms with Gasteiger partial charge in [0.25, 0.3) is 0 Å². The molecule has 50 heavy (non-hydrogen) atoms. The molecule has 7 aromatic carbocycles. The maximum Gasteiger partial charge on any atom is 0.164 e. The summed E-state index contributed by atoms with van der Waals surface area (Å²) in [6, 6.07) is 55.8. The molecule has 4 nitrogen and oxygen atoms in total. The van der Waals surface area contributed by atoms with E-state index in [-0.39, 0.29) is 0 Å². The van der Waals surface area contributed by atoms with Crippen molar-refractivity contribution in [3.63, 3.8) is 0 Å². The Balaban J connectivity index is 1.20. The van der Waals surface area contributed by atoms with Crippen LogP contribution in [0.15, 0.2) is 158 Å². The normalized spacial score (nSPS) is 12.0. The lowest BCUT2D eigenvalue weighted by Gasteiger charge is -2.11. The monoisotopic (exact) mass is 654 g/mol. The van der Waals surface area contributed by atoms with E-state index < -0.39 is 0 Å². The van der Waals surface area contributed by atoms with Crippen molar-refractivity contribution in [3.8, 4) is 45.3 Å². The Labute approximate surface area is 290 Å². The summed E-state index contributed by atoms with van der Waals surface area (Å²) in [5, 5.41) is 7.71. The van der Waals surface area contributed by atoms with Gasteiger partial charge in [-0.25, -0.2) is 15.0 Å². The van der Waals surface area contributed by atoms with Gasteiger partial charge in [-0.2, -0.15) is 0 Å². The van der Waals surface area contributed by atoms with Crippen molar-refractivity contribution in [2.75, 3.05) is 0 Å². The molecule has 0 amide bonds. The van der Waals surface area contributed by atoms with Crippen molar-refractivity contribution >= 4 is 69.6 Å². The maximum absolute atomic E-state index is 5.04. The molecule has 4 aromatic heterocycles. The summed E-state index contributed by atoms with van der Waals surface area (Å²) in [5.74, 6) is 1.97. The number of benzene rings is 7. The van der Waals surface area contributed by atoms with Crippen LogP contribution in [0.3, 0.4) is 0 Å². The quantitative estimate of drug-likeness (QED) is 0.190. The van der Waals surface area contributed by atoms with Gasteiger partial charge in [-0.3, -0.25) is 0 Å². The lowest BCUT2D eigenvalue weighted by molar-refractivity contribution is 1.07. The Kier molecular flexibility index (Phi) is 5.80. The Morgan fingerprint density at radius 2 is 0.940 bits per heavy atom. The minimum atomic E-state index is 0.654. The summed E-state index contributed by atoms with van der Waals surface area (Å²) in [6.45, 7) is 0. The van der Waals surface area contributed by atoms with Gasteiger partial charge in [-0.15, -0.1) is 11.3 Å². The van der Waals surface area contributed by atoms with Gasteiger partial charge in [0, 0.05) is 48.5 Å². The van der Waals surface area contributed by atoms with E-state index in [1.54, 1.807) is 0 Å². The highest BCUT2D eigenvalue weighted by Crippen LogP contribution is 2.50. The van der Waals surface area contributed by atoms with E-state index in [1.807, 2.05) is 72.0 Å².